The van der Waals surface area contributed by atoms with E-state index >= 15 is 0 Å². The molecule has 4 aromatic rings. The van der Waals surface area contributed by atoms with Crippen molar-refractivity contribution < 1.29 is 9.59 Å². The highest BCUT2D eigenvalue weighted by Gasteiger charge is 2.28. The first-order valence-corrected chi connectivity index (χ1v) is 16.9. The number of likely N-dealkylation sites (tertiary alicyclic amines) is 1. The second kappa shape index (κ2) is 15.1. The minimum absolute atomic E-state index is 0.00449. The molecule has 0 spiro atoms. The quantitative estimate of drug-likeness (QED) is 0.218. The fourth-order valence-corrected chi connectivity index (χ4v) is 6.56. The Bertz CT molecular complexity index is 1760. The molecule has 6 rings (SSSR count). The van der Waals surface area contributed by atoms with Crippen LogP contribution in [0.5, 0.6) is 0 Å². The first-order valence-electron chi connectivity index (χ1n) is 16.9. The Morgan fingerprint density at radius 3 is 2.54 bits per heavy atom. The van der Waals surface area contributed by atoms with Gasteiger partial charge in [0.15, 0.2) is 5.65 Å². The highest BCUT2D eigenvalue weighted by atomic mass is 16.2. The minimum atomic E-state index is -0.217. The molecule has 4 heterocycles. The Morgan fingerprint density at radius 2 is 1.79 bits per heavy atom. The Kier molecular flexibility index (Phi) is 10.4. The van der Waals surface area contributed by atoms with Crippen LogP contribution in [0.4, 0.5) is 11.5 Å². The molecule has 2 aliphatic rings. The average Bonchev–Trinajstić information content (AvgIpc) is 3.51. The van der Waals surface area contributed by atoms with Gasteiger partial charge in [-0.1, -0.05) is 44.2 Å². The summed E-state index contributed by atoms with van der Waals surface area (Å²) < 4.78 is 1.88. The highest BCUT2D eigenvalue weighted by molar-refractivity contribution is 6.06. The number of nitrogens with zero attached hydrogens (tertiary/aromatic N) is 7. The zero-order chi connectivity index (χ0) is 33.6. The number of benzene rings is 2. The van der Waals surface area contributed by atoms with E-state index in [4.69, 9.17) is 16.6 Å². The van der Waals surface area contributed by atoms with Gasteiger partial charge in [0.05, 0.1) is 11.4 Å². The van der Waals surface area contributed by atoms with Crippen LogP contribution < -0.4 is 16.8 Å². The molecule has 2 aromatic heterocycles. The van der Waals surface area contributed by atoms with Gasteiger partial charge < -0.3 is 21.7 Å². The maximum absolute atomic E-state index is 13.3. The number of nitrogens with two attached hydrogens (primary N) is 2. The smallest absolute Gasteiger partial charge is 0.255 e. The van der Waals surface area contributed by atoms with Crippen molar-refractivity contribution in [1.82, 2.24) is 34.4 Å². The van der Waals surface area contributed by atoms with Crippen LogP contribution in [0.3, 0.4) is 0 Å². The summed E-state index contributed by atoms with van der Waals surface area (Å²) in [7, 11) is 0. The maximum atomic E-state index is 13.3. The van der Waals surface area contributed by atoms with Gasteiger partial charge in [-0.2, -0.15) is 5.10 Å². The molecule has 252 valence electrons. The summed E-state index contributed by atoms with van der Waals surface area (Å²) in [5.41, 5.74) is 16.5. The van der Waals surface area contributed by atoms with Gasteiger partial charge in [0, 0.05) is 81.8 Å². The number of fused-ring (bicyclic) bond motifs is 1. The molecule has 48 heavy (non-hydrogen) atoms. The molecule has 0 bridgehead atoms. The van der Waals surface area contributed by atoms with Crippen LogP contribution in [0.15, 0.2) is 67.0 Å². The van der Waals surface area contributed by atoms with E-state index in [1.807, 2.05) is 58.1 Å². The average molecular weight is 651 g/mol. The van der Waals surface area contributed by atoms with Crippen molar-refractivity contribution >= 4 is 34.4 Å². The molecule has 2 aromatic carbocycles. The number of nitrogens with one attached hydrogen (secondary N) is 1. The van der Waals surface area contributed by atoms with Crippen molar-refractivity contribution in [3.63, 3.8) is 0 Å². The molecule has 0 aliphatic carbocycles. The van der Waals surface area contributed by atoms with Gasteiger partial charge in [0.25, 0.3) is 5.91 Å². The molecule has 2 amide bonds. The van der Waals surface area contributed by atoms with Gasteiger partial charge in [-0.3, -0.25) is 19.4 Å². The summed E-state index contributed by atoms with van der Waals surface area (Å²) in [5, 5.41) is 8.65. The van der Waals surface area contributed by atoms with Crippen molar-refractivity contribution in [2.75, 3.05) is 70.0 Å². The summed E-state index contributed by atoms with van der Waals surface area (Å²) in [4.78, 5) is 42.0. The first kappa shape index (κ1) is 33.3. The first-order chi connectivity index (χ1) is 23.3. The zero-order valence-corrected chi connectivity index (χ0v) is 27.9. The fraction of sp³-hybridized carbons (Fsp3) is 0.417. The van der Waals surface area contributed by atoms with E-state index in [-0.39, 0.29) is 17.9 Å². The highest BCUT2D eigenvalue weighted by Crippen LogP contribution is 2.34. The normalized spacial score (nSPS) is 17.8. The Hall–Kier alpha value is -4.65. The van der Waals surface area contributed by atoms with E-state index < -0.39 is 0 Å². The minimum Gasteiger partial charge on any atom is -0.383 e. The molecule has 1 unspecified atom stereocenters. The van der Waals surface area contributed by atoms with Crippen LogP contribution >= 0.6 is 0 Å². The van der Waals surface area contributed by atoms with Crippen LogP contribution in [-0.2, 0) is 4.79 Å². The van der Waals surface area contributed by atoms with Crippen LogP contribution in [0.2, 0.25) is 0 Å². The van der Waals surface area contributed by atoms with Crippen LogP contribution in [0, 0.1) is 0 Å². The molecular weight excluding hydrogens is 604 g/mol. The largest absolute Gasteiger partial charge is 0.383 e. The SMILES string of the molecule is CC(C)c1ccc(NC(=O)c2cccc(-c3nn(C4CCCN(C(=O)C=CCN5CCN(CCN)CC5)C4)c4ncnc(N)c34)c2)cc1. The third-order valence-electron chi connectivity index (χ3n) is 9.34. The second-order valence-corrected chi connectivity index (χ2v) is 13.0. The van der Waals surface area contributed by atoms with Crippen LogP contribution in [0.1, 0.15) is 54.6 Å². The molecule has 0 radical (unpaired) electrons. The van der Waals surface area contributed by atoms with Gasteiger partial charge in [0.1, 0.15) is 17.8 Å². The van der Waals surface area contributed by atoms with E-state index in [0.29, 0.717) is 53.7 Å². The predicted molar refractivity (Wildman–Crippen MR) is 190 cm³/mol. The number of anilines is 2. The number of nitrogen functional groups attached to an aromatic ring is 1. The number of carbonyl (C=O) groups excluding carboxylic acids is 2. The number of hydrogen-bond donors (Lipinski definition) is 3. The van der Waals surface area contributed by atoms with Crippen molar-refractivity contribution in [2.45, 2.75) is 38.6 Å². The lowest BCUT2D eigenvalue weighted by molar-refractivity contribution is -0.127. The molecular formula is C36H46N10O2. The molecule has 2 saturated heterocycles. The fourth-order valence-electron chi connectivity index (χ4n) is 6.56. The van der Waals surface area contributed by atoms with Gasteiger partial charge in [0.2, 0.25) is 5.91 Å². The maximum Gasteiger partial charge on any atom is 0.255 e. The summed E-state index contributed by atoms with van der Waals surface area (Å²) in [6.07, 6.45) is 6.82. The molecule has 1 atom stereocenters. The number of rotatable bonds is 10. The zero-order valence-electron chi connectivity index (χ0n) is 27.9. The van der Waals surface area contributed by atoms with Crippen molar-refractivity contribution in [3.8, 4) is 11.3 Å². The number of aromatic nitrogens is 4. The van der Waals surface area contributed by atoms with E-state index in [9.17, 15) is 9.59 Å². The third kappa shape index (κ3) is 7.56. The van der Waals surface area contributed by atoms with E-state index in [1.165, 1.54) is 11.9 Å². The molecule has 5 N–H and O–H groups in total. The molecule has 2 aliphatic heterocycles. The standard InChI is InChI=1S/C36H46N10O2/c1-25(2)26-10-12-29(13-11-26)41-36(48)28-7-3-6-27(22-28)33-32-34(38)39-24-40-35(32)46(42-33)30-8-4-16-45(23-30)31(47)9-5-15-43-18-20-44(17-14-37)21-19-43/h3,5-7,9-13,22,24-25,30H,4,8,14-21,23,37H2,1-2H3,(H,41,48)(H2,38,39,40). The molecule has 12 nitrogen and oxygen atoms in total. The third-order valence-corrected chi connectivity index (χ3v) is 9.34. The van der Waals surface area contributed by atoms with Gasteiger partial charge in [-0.25, -0.2) is 14.6 Å². The van der Waals surface area contributed by atoms with Crippen LogP contribution in [0.25, 0.3) is 22.3 Å². The lowest BCUT2D eigenvalue weighted by atomic mass is 10.0. The predicted octanol–water partition coefficient (Wildman–Crippen LogP) is 3.75. The molecule has 0 saturated carbocycles. The number of hydrogen-bond acceptors (Lipinski definition) is 9. The van der Waals surface area contributed by atoms with Crippen molar-refractivity contribution in [1.29, 1.82) is 0 Å². The van der Waals surface area contributed by atoms with E-state index in [1.54, 1.807) is 12.1 Å². The van der Waals surface area contributed by atoms with Crippen molar-refractivity contribution in [3.05, 3.63) is 78.1 Å². The second-order valence-electron chi connectivity index (χ2n) is 13.0. The Balaban J connectivity index is 1.17. The topological polar surface area (TPSA) is 152 Å². The van der Waals surface area contributed by atoms with Crippen LogP contribution in [-0.4, -0.2) is 105 Å². The van der Waals surface area contributed by atoms with E-state index in [0.717, 1.165) is 63.4 Å². The summed E-state index contributed by atoms with van der Waals surface area (Å²) >= 11 is 0. The molecule has 12 heteroatoms. The lowest BCUT2D eigenvalue weighted by Gasteiger charge is -2.34. The lowest BCUT2D eigenvalue weighted by Crippen LogP contribution is -2.47. The van der Waals surface area contributed by atoms with Gasteiger partial charge >= 0.3 is 0 Å². The summed E-state index contributed by atoms with van der Waals surface area (Å²) in [5.74, 6) is 0.516. The molecule has 2 fully saturated rings. The summed E-state index contributed by atoms with van der Waals surface area (Å²) in [6, 6.07) is 15.2. The number of piperazine rings is 1. The van der Waals surface area contributed by atoms with Gasteiger partial charge in [-0.15, -0.1) is 0 Å². The van der Waals surface area contributed by atoms with Gasteiger partial charge in [-0.05, 0) is 48.6 Å². The summed E-state index contributed by atoms with van der Waals surface area (Å²) in [6.45, 7) is 11.8. The number of piperidine rings is 1. The van der Waals surface area contributed by atoms with E-state index in [2.05, 4.69) is 38.9 Å². The monoisotopic (exact) mass is 650 g/mol. The Morgan fingerprint density at radius 1 is 1.02 bits per heavy atom. The number of carbonyl (C=O) groups is 2. The van der Waals surface area contributed by atoms with Crippen molar-refractivity contribution in [2.24, 2.45) is 5.73 Å². The Labute approximate surface area is 281 Å². The number of amides is 2.